The number of aromatic amines is 1. The van der Waals surface area contributed by atoms with Gasteiger partial charge >= 0.3 is 5.69 Å². The largest absolute Gasteiger partial charge is 0.380 e. The van der Waals surface area contributed by atoms with Gasteiger partial charge in [0, 0.05) is 18.9 Å². The van der Waals surface area contributed by atoms with Crippen molar-refractivity contribution in [2.75, 3.05) is 13.2 Å². The fourth-order valence-corrected chi connectivity index (χ4v) is 1.07. The molecule has 0 saturated heterocycles. The Balaban J connectivity index is 2.59. The minimum atomic E-state index is -0.391. The van der Waals surface area contributed by atoms with Crippen molar-refractivity contribution >= 4 is 0 Å². The zero-order valence-electron chi connectivity index (χ0n) is 8.16. The van der Waals surface area contributed by atoms with Gasteiger partial charge in [0.1, 0.15) is 0 Å². The van der Waals surface area contributed by atoms with Crippen LogP contribution < -0.4 is 11.2 Å². The van der Waals surface area contributed by atoms with Gasteiger partial charge in [-0.25, -0.2) is 4.79 Å². The second-order valence-corrected chi connectivity index (χ2v) is 2.89. The molecule has 1 aromatic rings. The number of hydrogen-bond acceptors (Lipinski definition) is 3. The summed E-state index contributed by atoms with van der Waals surface area (Å²) < 4.78 is 6.30. The summed E-state index contributed by atoms with van der Waals surface area (Å²) in [6, 6.07) is 1.32. The maximum Gasteiger partial charge on any atom is 0.328 e. The Labute approximate surface area is 81.3 Å². The number of hydrogen-bond donors (Lipinski definition) is 1. The SMILES string of the molecule is CCCOCCn1c(=O)cc[nH]c1=O. The molecule has 0 radical (unpaired) electrons. The molecule has 0 spiro atoms. The fourth-order valence-electron chi connectivity index (χ4n) is 1.07. The molecule has 0 saturated carbocycles. The topological polar surface area (TPSA) is 64.1 Å². The van der Waals surface area contributed by atoms with Gasteiger partial charge in [0.05, 0.1) is 13.2 Å². The Bertz CT molecular complexity index is 352. The first-order chi connectivity index (χ1) is 6.75. The van der Waals surface area contributed by atoms with E-state index in [1.807, 2.05) is 6.92 Å². The third-order valence-electron chi connectivity index (χ3n) is 1.75. The zero-order valence-corrected chi connectivity index (χ0v) is 8.16. The van der Waals surface area contributed by atoms with Crippen molar-refractivity contribution in [3.63, 3.8) is 0 Å². The number of nitrogens with zero attached hydrogens (tertiary/aromatic N) is 1. The van der Waals surface area contributed by atoms with Crippen molar-refractivity contribution in [1.29, 1.82) is 0 Å². The fraction of sp³-hybridized carbons (Fsp3) is 0.556. The van der Waals surface area contributed by atoms with Crippen LogP contribution in [0.4, 0.5) is 0 Å². The summed E-state index contributed by atoms with van der Waals surface area (Å²) in [6.07, 6.45) is 2.27. The van der Waals surface area contributed by atoms with Crippen LogP contribution in [0, 0.1) is 0 Å². The average molecular weight is 198 g/mol. The molecule has 5 heteroatoms. The molecular weight excluding hydrogens is 184 g/mol. The monoisotopic (exact) mass is 198 g/mol. The second kappa shape index (κ2) is 5.39. The maximum absolute atomic E-state index is 11.2. The summed E-state index contributed by atoms with van der Waals surface area (Å²) in [5.41, 5.74) is -0.688. The highest BCUT2D eigenvalue weighted by Gasteiger charge is 1.98. The molecule has 0 unspecified atom stereocenters. The summed E-state index contributed by atoms with van der Waals surface area (Å²) in [4.78, 5) is 24.8. The maximum atomic E-state index is 11.2. The van der Waals surface area contributed by atoms with Gasteiger partial charge in [-0.1, -0.05) is 6.92 Å². The summed E-state index contributed by atoms with van der Waals surface area (Å²) in [5, 5.41) is 0. The number of aromatic nitrogens is 2. The molecule has 1 N–H and O–H groups in total. The molecule has 0 aliphatic rings. The summed E-state index contributed by atoms with van der Waals surface area (Å²) in [6.45, 7) is 3.34. The number of nitrogens with one attached hydrogen (secondary N) is 1. The van der Waals surface area contributed by atoms with Gasteiger partial charge < -0.3 is 9.72 Å². The van der Waals surface area contributed by atoms with E-state index in [0.29, 0.717) is 19.8 Å². The van der Waals surface area contributed by atoms with Gasteiger partial charge in [-0.2, -0.15) is 0 Å². The lowest BCUT2D eigenvalue weighted by molar-refractivity contribution is 0.125. The lowest BCUT2D eigenvalue weighted by Crippen LogP contribution is -2.35. The molecular formula is C9H14N2O3. The van der Waals surface area contributed by atoms with E-state index in [1.165, 1.54) is 12.3 Å². The van der Waals surface area contributed by atoms with E-state index in [2.05, 4.69) is 4.98 Å². The molecule has 0 amide bonds. The Morgan fingerprint density at radius 1 is 1.43 bits per heavy atom. The zero-order chi connectivity index (χ0) is 10.4. The number of ether oxygens (including phenoxy) is 1. The molecule has 0 fully saturated rings. The number of H-pyrrole nitrogens is 1. The smallest absolute Gasteiger partial charge is 0.328 e. The molecule has 1 heterocycles. The van der Waals surface area contributed by atoms with Crippen LogP contribution in [0.3, 0.4) is 0 Å². The van der Waals surface area contributed by atoms with Crippen LogP contribution in [0.5, 0.6) is 0 Å². The Hall–Kier alpha value is -1.36. The average Bonchev–Trinajstić information content (AvgIpc) is 2.16. The van der Waals surface area contributed by atoms with Crippen LogP contribution in [0.15, 0.2) is 21.9 Å². The van der Waals surface area contributed by atoms with Crippen LogP contribution in [0.25, 0.3) is 0 Å². The molecule has 14 heavy (non-hydrogen) atoms. The lowest BCUT2D eigenvalue weighted by atomic mass is 10.5. The lowest BCUT2D eigenvalue weighted by Gasteiger charge is -2.03. The molecule has 0 aromatic carbocycles. The predicted molar refractivity (Wildman–Crippen MR) is 52.4 cm³/mol. The minimum Gasteiger partial charge on any atom is -0.380 e. The van der Waals surface area contributed by atoms with Crippen molar-refractivity contribution in [2.45, 2.75) is 19.9 Å². The molecule has 0 bridgehead atoms. The van der Waals surface area contributed by atoms with E-state index in [4.69, 9.17) is 4.74 Å². The molecule has 0 aliphatic heterocycles. The third-order valence-corrected chi connectivity index (χ3v) is 1.75. The van der Waals surface area contributed by atoms with Crippen molar-refractivity contribution < 1.29 is 4.74 Å². The highest BCUT2D eigenvalue weighted by molar-refractivity contribution is 4.82. The van der Waals surface area contributed by atoms with Gasteiger partial charge in [-0.3, -0.25) is 9.36 Å². The standard InChI is InChI=1S/C9H14N2O3/c1-2-6-14-7-5-11-8(12)3-4-10-9(11)13/h3-4H,2,5-7H2,1H3,(H,10,13). The minimum absolute atomic E-state index is 0.297. The first-order valence-corrected chi connectivity index (χ1v) is 4.62. The molecule has 78 valence electrons. The Morgan fingerprint density at radius 2 is 2.21 bits per heavy atom. The van der Waals surface area contributed by atoms with Crippen LogP contribution in [-0.4, -0.2) is 22.8 Å². The van der Waals surface area contributed by atoms with Gasteiger partial charge in [-0.15, -0.1) is 0 Å². The third kappa shape index (κ3) is 2.85. The van der Waals surface area contributed by atoms with E-state index in [1.54, 1.807) is 0 Å². The number of rotatable bonds is 5. The molecule has 0 aliphatic carbocycles. The quantitative estimate of drug-likeness (QED) is 0.675. The van der Waals surface area contributed by atoms with Gasteiger partial charge in [0.15, 0.2) is 0 Å². The van der Waals surface area contributed by atoms with E-state index in [9.17, 15) is 9.59 Å². The summed E-state index contributed by atoms with van der Waals surface area (Å²) in [5.74, 6) is 0. The Morgan fingerprint density at radius 3 is 2.86 bits per heavy atom. The van der Waals surface area contributed by atoms with Crippen molar-refractivity contribution in [3.05, 3.63) is 33.1 Å². The summed E-state index contributed by atoms with van der Waals surface area (Å²) >= 11 is 0. The normalized spacial score (nSPS) is 10.4. The van der Waals surface area contributed by atoms with Gasteiger partial charge in [0.2, 0.25) is 0 Å². The van der Waals surface area contributed by atoms with Crippen LogP contribution >= 0.6 is 0 Å². The first kappa shape index (κ1) is 10.7. The van der Waals surface area contributed by atoms with Crippen molar-refractivity contribution in [2.24, 2.45) is 0 Å². The predicted octanol–water partition coefficient (Wildman–Crippen LogP) is -0.0368. The highest BCUT2D eigenvalue weighted by Crippen LogP contribution is 1.81. The van der Waals surface area contributed by atoms with Crippen molar-refractivity contribution in [1.82, 2.24) is 9.55 Å². The van der Waals surface area contributed by atoms with Crippen molar-refractivity contribution in [3.8, 4) is 0 Å². The molecule has 1 rings (SSSR count). The Kier molecular flexibility index (Phi) is 4.12. The first-order valence-electron chi connectivity index (χ1n) is 4.62. The molecule has 0 atom stereocenters. The van der Waals surface area contributed by atoms with E-state index in [0.717, 1.165) is 11.0 Å². The van der Waals surface area contributed by atoms with E-state index in [-0.39, 0.29) is 5.56 Å². The van der Waals surface area contributed by atoms with Gasteiger partial charge in [-0.05, 0) is 6.42 Å². The second-order valence-electron chi connectivity index (χ2n) is 2.89. The van der Waals surface area contributed by atoms with Crippen LogP contribution in [0.2, 0.25) is 0 Å². The van der Waals surface area contributed by atoms with E-state index >= 15 is 0 Å². The van der Waals surface area contributed by atoms with E-state index < -0.39 is 5.69 Å². The molecule has 1 aromatic heterocycles. The van der Waals surface area contributed by atoms with Gasteiger partial charge in [0.25, 0.3) is 5.56 Å². The highest BCUT2D eigenvalue weighted by atomic mass is 16.5. The summed E-state index contributed by atoms with van der Waals surface area (Å²) in [7, 11) is 0. The molecule has 5 nitrogen and oxygen atoms in total. The van der Waals surface area contributed by atoms with Crippen LogP contribution in [-0.2, 0) is 11.3 Å². The van der Waals surface area contributed by atoms with Crippen LogP contribution in [0.1, 0.15) is 13.3 Å².